The van der Waals surface area contributed by atoms with Crippen molar-refractivity contribution < 1.29 is 0 Å². The Hall–Kier alpha value is -2.06. The van der Waals surface area contributed by atoms with Gasteiger partial charge in [-0.3, -0.25) is 4.90 Å². The molecule has 0 bridgehead atoms. The first-order chi connectivity index (χ1) is 13.4. The van der Waals surface area contributed by atoms with Crippen LogP contribution in [-0.2, 0) is 20.1 Å². The third-order valence-corrected chi connectivity index (χ3v) is 6.67. The van der Waals surface area contributed by atoms with E-state index in [-0.39, 0.29) is 0 Å². The Morgan fingerprint density at radius 2 is 1.86 bits per heavy atom. The number of hydrogen-bond donors (Lipinski definition) is 1. The molecule has 1 aliphatic heterocycles. The van der Waals surface area contributed by atoms with Crippen molar-refractivity contribution in [2.75, 3.05) is 18.4 Å². The lowest BCUT2D eigenvalue weighted by Crippen LogP contribution is -2.20. The number of anilines is 1. The molecule has 0 saturated carbocycles. The summed E-state index contributed by atoms with van der Waals surface area (Å²) in [5.41, 5.74) is 1.26. The fourth-order valence-corrected chi connectivity index (χ4v) is 4.88. The lowest BCUT2D eigenvalue weighted by Gasteiger charge is -2.15. The number of aryl methyl sites for hydroxylation is 2. The van der Waals surface area contributed by atoms with Crippen molar-refractivity contribution in [3.8, 4) is 0 Å². The molecule has 0 spiro atoms. The van der Waals surface area contributed by atoms with Crippen molar-refractivity contribution in [3.05, 3.63) is 27.9 Å². The fourth-order valence-electron chi connectivity index (χ4n) is 3.83. The van der Waals surface area contributed by atoms with E-state index in [4.69, 9.17) is 9.97 Å². The Bertz CT molecular complexity index is 982. The zero-order chi connectivity index (χ0) is 19.8. The van der Waals surface area contributed by atoms with E-state index in [2.05, 4.69) is 52.7 Å². The molecule has 0 radical (unpaired) electrons. The van der Waals surface area contributed by atoms with Gasteiger partial charge in [0, 0.05) is 17.8 Å². The van der Waals surface area contributed by atoms with Gasteiger partial charge in [-0.2, -0.15) is 0 Å². The third-order valence-electron chi connectivity index (χ3n) is 5.57. The van der Waals surface area contributed by atoms with Crippen molar-refractivity contribution in [1.29, 1.82) is 0 Å². The van der Waals surface area contributed by atoms with Crippen molar-refractivity contribution in [2.24, 2.45) is 7.05 Å². The molecule has 0 aliphatic carbocycles. The highest BCUT2D eigenvalue weighted by Crippen LogP contribution is 2.33. The van der Waals surface area contributed by atoms with Gasteiger partial charge in [-0.1, -0.05) is 13.8 Å². The Labute approximate surface area is 170 Å². The minimum Gasteiger partial charge on any atom is -0.362 e. The maximum Gasteiger partial charge on any atom is 0.152 e. The molecule has 0 atom stereocenters. The summed E-state index contributed by atoms with van der Waals surface area (Å²) >= 11 is 1.76. The lowest BCUT2D eigenvalue weighted by molar-refractivity contribution is 0.323. The standard InChI is InChI=1S/C20H29N7S/c1-12(2)19-25-24-16(26(19)5)10-21-18-17-13(3)14(4)28-20(17)23-15(22-18)11-27-8-6-7-9-27/h12H,6-11H2,1-5H3,(H,21,22,23). The number of fused-ring (bicyclic) bond motifs is 1. The molecule has 4 heterocycles. The van der Waals surface area contributed by atoms with E-state index in [9.17, 15) is 0 Å². The monoisotopic (exact) mass is 399 g/mol. The van der Waals surface area contributed by atoms with E-state index in [0.717, 1.165) is 53.1 Å². The van der Waals surface area contributed by atoms with Crippen LogP contribution in [0.5, 0.6) is 0 Å². The summed E-state index contributed by atoms with van der Waals surface area (Å²) in [6.07, 6.45) is 2.55. The van der Waals surface area contributed by atoms with Crippen molar-refractivity contribution in [1.82, 2.24) is 29.6 Å². The first kappa shape index (κ1) is 19.3. The summed E-state index contributed by atoms with van der Waals surface area (Å²) in [4.78, 5) is 14.6. The van der Waals surface area contributed by atoms with Gasteiger partial charge in [-0.25, -0.2) is 9.97 Å². The number of thiophene rings is 1. The molecule has 7 nitrogen and oxygen atoms in total. The largest absolute Gasteiger partial charge is 0.362 e. The topological polar surface area (TPSA) is 71.8 Å². The maximum atomic E-state index is 4.91. The van der Waals surface area contributed by atoms with Crippen LogP contribution in [0, 0.1) is 13.8 Å². The van der Waals surface area contributed by atoms with Gasteiger partial charge in [-0.15, -0.1) is 21.5 Å². The normalized spacial score (nSPS) is 15.2. The third kappa shape index (κ3) is 3.63. The van der Waals surface area contributed by atoms with E-state index in [1.54, 1.807) is 11.3 Å². The van der Waals surface area contributed by atoms with E-state index in [1.807, 2.05) is 7.05 Å². The summed E-state index contributed by atoms with van der Waals surface area (Å²) in [6, 6.07) is 0. The molecule has 1 fully saturated rings. The van der Waals surface area contributed by atoms with Crippen LogP contribution < -0.4 is 5.32 Å². The number of nitrogens with zero attached hydrogens (tertiary/aromatic N) is 6. The Balaban J connectivity index is 1.64. The molecule has 0 unspecified atom stereocenters. The minimum absolute atomic E-state index is 0.353. The summed E-state index contributed by atoms with van der Waals surface area (Å²) in [5, 5.41) is 13.4. The van der Waals surface area contributed by atoms with Crippen molar-refractivity contribution in [2.45, 2.75) is 59.5 Å². The second-order valence-corrected chi connectivity index (χ2v) is 9.18. The van der Waals surface area contributed by atoms with E-state index < -0.39 is 0 Å². The van der Waals surface area contributed by atoms with Gasteiger partial charge >= 0.3 is 0 Å². The minimum atomic E-state index is 0.353. The highest BCUT2D eigenvalue weighted by Gasteiger charge is 2.19. The number of rotatable bonds is 6. The SMILES string of the molecule is Cc1sc2nc(CN3CCCC3)nc(NCc3nnc(C(C)C)n3C)c2c1C. The highest BCUT2D eigenvalue weighted by atomic mass is 32.1. The van der Waals surface area contributed by atoms with Crippen LogP contribution in [0.3, 0.4) is 0 Å². The quantitative estimate of drug-likeness (QED) is 0.680. The van der Waals surface area contributed by atoms with Gasteiger partial charge in [0.05, 0.1) is 18.5 Å². The zero-order valence-electron chi connectivity index (χ0n) is 17.4. The van der Waals surface area contributed by atoms with Crippen molar-refractivity contribution >= 4 is 27.4 Å². The molecule has 1 N–H and O–H groups in total. The molecule has 0 amide bonds. The average Bonchev–Trinajstić information content (AvgIpc) is 3.34. The average molecular weight is 400 g/mol. The van der Waals surface area contributed by atoms with Gasteiger partial charge in [0.2, 0.25) is 0 Å². The van der Waals surface area contributed by atoms with Crippen LogP contribution in [0.2, 0.25) is 0 Å². The van der Waals surface area contributed by atoms with Crippen LogP contribution in [-0.4, -0.2) is 42.7 Å². The van der Waals surface area contributed by atoms with E-state index in [0.29, 0.717) is 12.5 Å². The van der Waals surface area contributed by atoms with Gasteiger partial charge in [0.1, 0.15) is 22.3 Å². The van der Waals surface area contributed by atoms with Crippen LogP contribution >= 0.6 is 11.3 Å². The first-order valence-electron chi connectivity index (χ1n) is 10.0. The van der Waals surface area contributed by atoms with Gasteiger partial charge in [0.25, 0.3) is 0 Å². The van der Waals surface area contributed by atoms with Crippen LogP contribution in [0.4, 0.5) is 5.82 Å². The molecule has 3 aromatic heterocycles. The summed E-state index contributed by atoms with van der Waals surface area (Å²) in [6.45, 7) is 12.3. The highest BCUT2D eigenvalue weighted by molar-refractivity contribution is 7.18. The molecule has 150 valence electrons. The second kappa shape index (κ2) is 7.75. The number of aromatic nitrogens is 5. The lowest BCUT2D eigenvalue weighted by atomic mass is 10.2. The Morgan fingerprint density at radius 3 is 2.54 bits per heavy atom. The predicted molar refractivity (Wildman–Crippen MR) is 114 cm³/mol. The van der Waals surface area contributed by atoms with E-state index >= 15 is 0 Å². The van der Waals surface area contributed by atoms with Crippen molar-refractivity contribution in [3.63, 3.8) is 0 Å². The molecule has 3 aromatic rings. The summed E-state index contributed by atoms with van der Waals surface area (Å²) < 4.78 is 2.08. The van der Waals surface area contributed by atoms with Crippen LogP contribution in [0.1, 0.15) is 60.5 Å². The number of hydrogen-bond acceptors (Lipinski definition) is 7. The van der Waals surface area contributed by atoms with Crippen LogP contribution in [0.15, 0.2) is 0 Å². The molecular weight excluding hydrogens is 370 g/mol. The summed E-state index contributed by atoms with van der Waals surface area (Å²) in [7, 11) is 2.03. The predicted octanol–water partition coefficient (Wildman–Crippen LogP) is 3.77. The molecule has 0 aromatic carbocycles. The summed E-state index contributed by atoms with van der Waals surface area (Å²) in [5.74, 6) is 4.09. The maximum absolute atomic E-state index is 4.91. The smallest absolute Gasteiger partial charge is 0.152 e. The van der Waals surface area contributed by atoms with Gasteiger partial charge < -0.3 is 9.88 Å². The molecule has 1 saturated heterocycles. The number of nitrogens with one attached hydrogen (secondary N) is 1. The molecule has 8 heteroatoms. The fraction of sp³-hybridized carbons (Fsp3) is 0.600. The van der Waals surface area contributed by atoms with Gasteiger partial charge in [-0.05, 0) is 45.3 Å². The van der Waals surface area contributed by atoms with Crippen LogP contribution in [0.25, 0.3) is 10.2 Å². The molecule has 28 heavy (non-hydrogen) atoms. The first-order valence-corrected chi connectivity index (χ1v) is 10.9. The number of likely N-dealkylation sites (tertiary alicyclic amines) is 1. The molecular formula is C20H29N7S. The molecule has 1 aliphatic rings. The Kier molecular flexibility index (Phi) is 5.33. The Morgan fingerprint density at radius 1 is 1.11 bits per heavy atom. The van der Waals surface area contributed by atoms with Gasteiger partial charge in [0.15, 0.2) is 5.82 Å². The van der Waals surface area contributed by atoms with E-state index in [1.165, 1.54) is 23.3 Å². The molecule has 4 rings (SSSR count). The second-order valence-electron chi connectivity index (χ2n) is 7.98. The zero-order valence-corrected chi connectivity index (χ0v) is 18.2.